The molecule has 0 saturated heterocycles. The number of carbonyl (C=O) groups is 1. The number of sulfone groups is 1. The molecule has 25 heavy (non-hydrogen) atoms. The molecule has 2 fully saturated rings. The zero-order chi connectivity index (χ0) is 17.9. The van der Waals surface area contributed by atoms with Gasteiger partial charge in [0.25, 0.3) is 5.91 Å². The molecule has 1 aromatic rings. The van der Waals surface area contributed by atoms with Crippen LogP contribution >= 0.6 is 0 Å². The fourth-order valence-electron chi connectivity index (χ4n) is 4.12. The van der Waals surface area contributed by atoms with Gasteiger partial charge in [0.05, 0.1) is 10.1 Å². The number of benzene rings is 1. The molecular weight excluding hydrogens is 336 g/mol. The van der Waals surface area contributed by atoms with Crippen LogP contribution in [0, 0.1) is 5.92 Å². The monoisotopic (exact) mass is 364 g/mol. The lowest BCUT2D eigenvalue weighted by atomic mass is 9.84. The summed E-state index contributed by atoms with van der Waals surface area (Å²) >= 11 is 0. The van der Waals surface area contributed by atoms with Crippen molar-refractivity contribution in [3.63, 3.8) is 0 Å². The Kier molecular flexibility index (Phi) is 5.79. The summed E-state index contributed by atoms with van der Waals surface area (Å²) in [6, 6.07) is 6.51. The normalized spacial score (nSPS) is 25.0. The van der Waals surface area contributed by atoms with Crippen molar-refractivity contribution in [2.24, 2.45) is 11.7 Å². The van der Waals surface area contributed by atoms with E-state index in [-0.39, 0.29) is 17.2 Å². The maximum absolute atomic E-state index is 12.6. The lowest BCUT2D eigenvalue weighted by Gasteiger charge is -2.31. The Morgan fingerprint density at radius 2 is 1.60 bits per heavy atom. The predicted octanol–water partition coefficient (Wildman–Crippen LogP) is 2.65. The molecule has 2 aliphatic rings. The van der Waals surface area contributed by atoms with Crippen molar-refractivity contribution in [2.45, 2.75) is 67.6 Å². The van der Waals surface area contributed by atoms with Gasteiger partial charge in [-0.3, -0.25) is 4.79 Å². The van der Waals surface area contributed by atoms with Gasteiger partial charge in [-0.25, -0.2) is 8.42 Å². The van der Waals surface area contributed by atoms with Crippen LogP contribution in [0.3, 0.4) is 0 Å². The van der Waals surface area contributed by atoms with E-state index < -0.39 is 9.84 Å². The van der Waals surface area contributed by atoms with Crippen LogP contribution in [-0.2, 0) is 9.84 Å². The van der Waals surface area contributed by atoms with Crippen molar-refractivity contribution in [3.05, 3.63) is 29.8 Å². The molecule has 0 radical (unpaired) electrons. The van der Waals surface area contributed by atoms with Crippen molar-refractivity contribution >= 4 is 15.7 Å². The van der Waals surface area contributed by atoms with Gasteiger partial charge in [-0.2, -0.15) is 0 Å². The molecular formula is C19H28N2O3S. The van der Waals surface area contributed by atoms with Gasteiger partial charge in [-0.15, -0.1) is 0 Å². The number of nitrogens with one attached hydrogen (secondary N) is 1. The molecule has 2 aliphatic carbocycles. The lowest BCUT2D eigenvalue weighted by molar-refractivity contribution is 0.0908. The van der Waals surface area contributed by atoms with E-state index in [2.05, 4.69) is 5.32 Å². The molecule has 0 aromatic heterocycles. The minimum absolute atomic E-state index is 0.119. The summed E-state index contributed by atoms with van der Waals surface area (Å²) in [6.07, 6.45) is 7.74. The SMILES string of the molecule is NCC1CCCCC1NC(=O)c1ccc(S(=O)(=O)C2CCCC2)cc1. The second-order valence-electron chi connectivity index (χ2n) is 7.34. The largest absolute Gasteiger partial charge is 0.349 e. The van der Waals surface area contributed by atoms with Gasteiger partial charge in [0.15, 0.2) is 9.84 Å². The summed E-state index contributed by atoms with van der Waals surface area (Å²) in [5, 5.41) is 2.82. The third kappa shape index (κ3) is 4.06. The Hall–Kier alpha value is -1.40. The molecule has 0 heterocycles. The van der Waals surface area contributed by atoms with Crippen LogP contribution < -0.4 is 11.1 Å². The van der Waals surface area contributed by atoms with Crippen LogP contribution in [0.4, 0.5) is 0 Å². The first-order valence-corrected chi connectivity index (χ1v) is 10.9. The number of hydrogen-bond acceptors (Lipinski definition) is 4. The topological polar surface area (TPSA) is 89.3 Å². The molecule has 3 N–H and O–H groups in total. The molecule has 6 heteroatoms. The third-order valence-corrected chi connectivity index (χ3v) is 7.99. The first-order chi connectivity index (χ1) is 12.0. The molecule has 2 atom stereocenters. The third-order valence-electron chi connectivity index (χ3n) is 5.71. The van der Waals surface area contributed by atoms with Crippen molar-refractivity contribution in [1.82, 2.24) is 5.32 Å². The van der Waals surface area contributed by atoms with E-state index in [9.17, 15) is 13.2 Å². The van der Waals surface area contributed by atoms with Crippen molar-refractivity contribution in [3.8, 4) is 0 Å². The molecule has 0 bridgehead atoms. The van der Waals surface area contributed by atoms with Gasteiger partial charge in [0, 0.05) is 11.6 Å². The lowest BCUT2D eigenvalue weighted by Crippen LogP contribution is -2.44. The van der Waals surface area contributed by atoms with E-state index in [0.717, 1.165) is 44.9 Å². The Labute approximate surface area is 150 Å². The standard InChI is InChI=1S/C19H28N2O3S/c20-13-15-5-1-4-8-18(15)21-19(22)14-9-11-17(12-10-14)25(23,24)16-6-2-3-7-16/h9-12,15-16,18H,1-8,13,20H2,(H,21,22). The molecule has 0 aliphatic heterocycles. The number of carbonyl (C=O) groups excluding carboxylic acids is 1. The van der Waals surface area contributed by atoms with E-state index in [1.165, 1.54) is 6.42 Å². The van der Waals surface area contributed by atoms with Crippen LogP contribution in [0.25, 0.3) is 0 Å². The highest BCUT2D eigenvalue weighted by Gasteiger charge is 2.30. The molecule has 138 valence electrons. The first kappa shape index (κ1) is 18.4. The summed E-state index contributed by atoms with van der Waals surface area (Å²) in [6.45, 7) is 0.587. The maximum atomic E-state index is 12.6. The van der Waals surface area contributed by atoms with Gasteiger partial charge in [-0.05, 0) is 62.4 Å². The molecule has 0 spiro atoms. The fourth-order valence-corrected chi connectivity index (χ4v) is 5.97. The number of hydrogen-bond donors (Lipinski definition) is 2. The molecule has 3 rings (SSSR count). The number of rotatable bonds is 5. The van der Waals surface area contributed by atoms with Crippen molar-refractivity contribution in [1.29, 1.82) is 0 Å². The quantitative estimate of drug-likeness (QED) is 0.840. The van der Waals surface area contributed by atoms with Gasteiger partial charge in [0.1, 0.15) is 0 Å². The van der Waals surface area contributed by atoms with E-state index >= 15 is 0 Å². The van der Waals surface area contributed by atoms with Crippen molar-refractivity contribution in [2.75, 3.05) is 6.54 Å². The smallest absolute Gasteiger partial charge is 0.251 e. The second-order valence-corrected chi connectivity index (χ2v) is 9.56. The number of amides is 1. The predicted molar refractivity (Wildman–Crippen MR) is 98.2 cm³/mol. The summed E-state index contributed by atoms with van der Waals surface area (Å²) < 4.78 is 25.2. The van der Waals surface area contributed by atoms with E-state index in [1.54, 1.807) is 24.3 Å². The minimum Gasteiger partial charge on any atom is -0.349 e. The zero-order valence-electron chi connectivity index (χ0n) is 14.6. The van der Waals surface area contributed by atoms with Crippen LogP contribution in [0.5, 0.6) is 0 Å². The van der Waals surface area contributed by atoms with Crippen LogP contribution in [0.2, 0.25) is 0 Å². The first-order valence-electron chi connectivity index (χ1n) is 9.37. The zero-order valence-corrected chi connectivity index (χ0v) is 15.4. The van der Waals surface area contributed by atoms with Gasteiger partial charge in [0.2, 0.25) is 0 Å². The Morgan fingerprint density at radius 3 is 2.24 bits per heavy atom. The van der Waals surface area contributed by atoms with Crippen LogP contribution in [0.1, 0.15) is 61.7 Å². The molecule has 1 amide bonds. The van der Waals surface area contributed by atoms with Crippen LogP contribution in [-0.4, -0.2) is 32.2 Å². The van der Waals surface area contributed by atoms with E-state index in [0.29, 0.717) is 22.9 Å². The Balaban J connectivity index is 1.68. The van der Waals surface area contributed by atoms with Crippen LogP contribution in [0.15, 0.2) is 29.2 Å². The fraction of sp³-hybridized carbons (Fsp3) is 0.632. The van der Waals surface area contributed by atoms with Crippen molar-refractivity contribution < 1.29 is 13.2 Å². The highest BCUT2D eigenvalue weighted by atomic mass is 32.2. The summed E-state index contributed by atoms with van der Waals surface area (Å²) in [7, 11) is -3.27. The summed E-state index contributed by atoms with van der Waals surface area (Å²) in [5.41, 5.74) is 6.32. The molecule has 1 aromatic carbocycles. The maximum Gasteiger partial charge on any atom is 0.251 e. The van der Waals surface area contributed by atoms with Gasteiger partial charge < -0.3 is 11.1 Å². The van der Waals surface area contributed by atoms with E-state index in [4.69, 9.17) is 5.73 Å². The van der Waals surface area contributed by atoms with Gasteiger partial charge in [-0.1, -0.05) is 25.7 Å². The highest BCUT2D eigenvalue weighted by Crippen LogP contribution is 2.29. The molecule has 2 saturated carbocycles. The number of nitrogens with two attached hydrogens (primary N) is 1. The summed E-state index contributed by atoms with van der Waals surface area (Å²) in [4.78, 5) is 12.8. The average molecular weight is 365 g/mol. The summed E-state index contributed by atoms with van der Waals surface area (Å²) in [5.74, 6) is 0.190. The second kappa shape index (κ2) is 7.87. The minimum atomic E-state index is -3.27. The van der Waals surface area contributed by atoms with E-state index in [1.807, 2.05) is 0 Å². The van der Waals surface area contributed by atoms with Gasteiger partial charge >= 0.3 is 0 Å². The molecule has 5 nitrogen and oxygen atoms in total. The Bertz CT molecular complexity index is 694. The average Bonchev–Trinajstić information content (AvgIpc) is 3.18. The Morgan fingerprint density at radius 1 is 1.00 bits per heavy atom. The highest BCUT2D eigenvalue weighted by molar-refractivity contribution is 7.92. The molecule has 2 unspecified atom stereocenters.